The number of aryl methyl sites for hydroxylation is 1. The lowest BCUT2D eigenvalue weighted by Gasteiger charge is -2.31. The normalized spacial score (nSPS) is 14.5. The zero-order valence-electron chi connectivity index (χ0n) is 21.1. The molecule has 0 aliphatic carbocycles. The molecule has 2 amide bonds. The van der Waals surface area contributed by atoms with Gasteiger partial charge in [-0.1, -0.05) is 43.3 Å². The van der Waals surface area contributed by atoms with E-state index in [0.29, 0.717) is 24.5 Å². The summed E-state index contributed by atoms with van der Waals surface area (Å²) in [5.41, 5.74) is 4.65. The summed E-state index contributed by atoms with van der Waals surface area (Å²) >= 11 is 0. The maximum atomic E-state index is 13.4. The molecule has 1 unspecified atom stereocenters. The number of nitrogens with zero attached hydrogens (tertiary/aromatic N) is 2. The summed E-state index contributed by atoms with van der Waals surface area (Å²) in [6.45, 7) is 6.86. The smallest absolute Gasteiger partial charge is 0.262 e. The van der Waals surface area contributed by atoms with Crippen molar-refractivity contribution in [3.63, 3.8) is 0 Å². The van der Waals surface area contributed by atoms with E-state index in [1.54, 1.807) is 22.5 Å². The highest BCUT2D eigenvalue weighted by Gasteiger charge is 2.31. The molecule has 4 rings (SSSR count). The first-order valence-corrected chi connectivity index (χ1v) is 12.7. The van der Waals surface area contributed by atoms with Gasteiger partial charge >= 0.3 is 0 Å². The van der Waals surface area contributed by atoms with Gasteiger partial charge < -0.3 is 9.64 Å². The zero-order valence-corrected chi connectivity index (χ0v) is 21.1. The first-order chi connectivity index (χ1) is 17.5. The molecule has 3 aromatic carbocycles. The van der Waals surface area contributed by atoms with E-state index >= 15 is 0 Å². The number of carbonyl (C=O) groups excluding carboxylic acids is 2. The van der Waals surface area contributed by atoms with Crippen molar-refractivity contribution in [3.05, 3.63) is 77.4 Å². The molecule has 1 heterocycles. The molecule has 7 nitrogen and oxygen atoms in total. The van der Waals surface area contributed by atoms with Crippen molar-refractivity contribution in [2.45, 2.75) is 45.8 Å². The molecule has 2 N–H and O–H groups in total. The van der Waals surface area contributed by atoms with Crippen LogP contribution in [-0.4, -0.2) is 59.0 Å². The molecule has 0 aromatic heterocycles. The SMILES string of the molecule is CCCN(CC(C(=O)NO)N1CCCC1)C(=O)c1ccc(OCc2c(C)ccc3ccccc23)cc1. The Labute approximate surface area is 212 Å². The van der Waals surface area contributed by atoms with E-state index in [9.17, 15) is 14.8 Å². The first-order valence-electron chi connectivity index (χ1n) is 12.7. The van der Waals surface area contributed by atoms with Crippen LogP contribution in [0.25, 0.3) is 10.8 Å². The second-order valence-corrected chi connectivity index (χ2v) is 9.38. The van der Waals surface area contributed by atoms with Crippen molar-refractivity contribution in [1.82, 2.24) is 15.3 Å². The van der Waals surface area contributed by atoms with Crippen molar-refractivity contribution >= 4 is 22.6 Å². The highest BCUT2D eigenvalue weighted by molar-refractivity contribution is 5.95. The first kappa shape index (κ1) is 25.7. The molecule has 1 fully saturated rings. The fourth-order valence-electron chi connectivity index (χ4n) is 4.91. The van der Waals surface area contributed by atoms with E-state index in [2.05, 4.69) is 31.2 Å². The fourth-order valence-corrected chi connectivity index (χ4v) is 4.91. The lowest BCUT2D eigenvalue weighted by atomic mass is 10.0. The van der Waals surface area contributed by atoms with Crippen molar-refractivity contribution in [2.75, 3.05) is 26.2 Å². The van der Waals surface area contributed by atoms with Crippen LogP contribution in [0.5, 0.6) is 5.75 Å². The Bertz CT molecular complexity index is 1190. The van der Waals surface area contributed by atoms with Gasteiger partial charge in [0.05, 0.1) is 0 Å². The van der Waals surface area contributed by atoms with Gasteiger partial charge in [-0.2, -0.15) is 0 Å². The Morgan fingerprint density at radius 3 is 2.47 bits per heavy atom. The molecule has 190 valence electrons. The van der Waals surface area contributed by atoms with E-state index in [1.165, 1.54) is 16.3 Å². The van der Waals surface area contributed by atoms with Crippen molar-refractivity contribution < 1.29 is 19.5 Å². The van der Waals surface area contributed by atoms with E-state index in [-0.39, 0.29) is 12.5 Å². The third-order valence-electron chi connectivity index (χ3n) is 6.93. The van der Waals surface area contributed by atoms with Gasteiger partial charge in [0, 0.05) is 24.2 Å². The topological polar surface area (TPSA) is 82.1 Å². The molecular formula is C29H35N3O4. The molecule has 0 saturated carbocycles. The van der Waals surface area contributed by atoms with Crippen LogP contribution in [0.1, 0.15) is 47.7 Å². The average Bonchev–Trinajstić information content (AvgIpc) is 3.44. The van der Waals surface area contributed by atoms with Crippen molar-refractivity contribution in [1.29, 1.82) is 0 Å². The number of likely N-dealkylation sites (tertiary alicyclic amines) is 1. The molecule has 3 aromatic rings. The van der Waals surface area contributed by atoms with Crippen LogP contribution in [0.4, 0.5) is 0 Å². The molecule has 0 spiro atoms. The molecule has 0 bridgehead atoms. The number of nitrogens with one attached hydrogen (secondary N) is 1. The summed E-state index contributed by atoms with van der Waals surface area (Å²) in [6.07, 6.45) is 2.79. The number of carbonyl (C=O) groups is 2. The van der Waals surface area contributed by atoms with Crippen LogP contribution in [0.3, 0.4) is 0 Å². The Balaban J connectivity index is 1.45. The molecule has 36 heavy (non-hydrogen) atoms. The molecular weight excluding hydrogens is 454 g/mol. The number of hydrogen-bond donors (Lipinski definition) is 2. The summed E-state index contributed by atoms with van der Waals surface area (Å²) in [5, 5.41) is 11.6. The number of hydrogen-bond acceptors (Lipinski definition) is 5. The van der Waals surface area contributed by atoms with Crippen LogP contribution in [-0.2, 0) is 11.4 Å². The van der Waals surface area contributed by atoms with Gasteiger partial charge in [0.1, 0.15) is 18.4 Å². The van der Waals surface area contributed by atoms with Crippen LogP contribution in [0, 0.1) is 6.92 Å². The van der Waals surface area contributed by atoms with Gasteiger partial charge in [0.2, 0.25) is 0 Å². The predicted molar refractivity (Wildman–Crippen MR) is 140 cm³/mol. The van der Waals surface area contributed by atoms with E-state index in [0.717, 1.165) is 37.9 Å². The molecule has 1 aliphatic heterocycles. The summed E-state index contributed by atoms with van der Waals surface area (Å²) in [7, 11) is 0. The number of amides is 2. The molecule has 1 aliphatic rings. The van der Waals surface area contributed by atoms with E-state index in [4.69, 9.17) is 4.74 Å². The van der Waals surface area contributed by atoms with Gasteiger partial charge in [0.15, 0.2) is 0 Å². The number of fused-ring (bicyclic) bond motifs is 1. The van der Waals surface area contributed by atoms with Crippen molar-refractivity contribution in [3.8, 4) is 5.75 Å². The molecule has 1 atom stereocenters. The average molecular weight is 490 g/mol. The Kier molecular flexibility index (Phi) is 8.57. The van der Waals surface area contributed by atoms with E-state index < -0.39 is 11.9 Å². The third kappa shape index (κ3) is 5.86. The third-order valence-corrected chi connectivity index (χ3v) is 6.93. The van der Waals surface area contributed by atoms with Gasteiger partial charge in [-0.05, 0) is 79.9 Å². The largest absolute Gasteiger partial charge is 0.489 e. The molecule has 1 saturated heterocycles. The summed E-state index contributed by atoms with van der Waals surface area (Å²) in [4.78, 5) is 29.5. The van der Waals surface area contributed by atoms with Crippen LogP contribution in [0.2, 0.25) is 0 Å². The number of benzene rings is 3. The highest BCUT2D eigenvalue weighted by atomic mass is 16.5. The van der Waals surface area contributed by atoms with Gasteiger partial charge in [0.25, 0.3) is 11.8 Å². The second-order valence-electron chi connectivity index (χ2n) is 9.38. The number of ether oxygens (including phenoxy) is 1. The van der Waals surface area contributed by atoms with Crippen LogP contribution >= 0.6 is 0 Å². The number of hydroxylamine groups is 1. The van der Waals surface area contributed by atoms with Crippen LogP contribution in [0.15, 0.2) is 60.7 Å². The summed E-state index contributed by atoms with van der Waals surface area (Å²) in [6, 6.07) is 19.1. The van der Waals surface area contributed by atoms with Gasteiger partial charge in [-0.3, -0.25) is 19.7 Å². The summed E-state index contributed by atoms with van der Waals surface area (Å²) in [5.74, 6) is 0.0806. The Morgan fingerprint density at radius 1 is 1.06 bits per heavy atom. The lowest BCUT2D eigenvalue weighted by molar-refractivity contribution is -0.135. The predicted octanol–water partition coefficient (Wildman–Crippen LogP) is 4.55. The lowest BCUT2D eigenvalue weighted by Crippen LogP contribution is -2.52. The van der Waals surface area contributed by atoms with Crippen molar-refractivity contribution in [2.24, 2.45) is 0 Å². The standard InChI is InChI=1S/C29H35N3O4/c1-3-16-32(19-27(28(33)30-35)31-17-6-7-18-31)29(34)23-12-14-24(15-13-23)36-20-26-21(2)10-11-22-8-4-5-9-25(22)26/h4-5,8-15,27,35H,3,6-7,16-20H2,1-2H3,(H,30,33). The minimum Gasteiger partial charge on any atom is -0.489 e. The quantitative estimate of drug-likeness (QED) is 0.323. The minimum atomic E-state index is -0.570. The van der Waals surface area contributed by atoms with E-state index in [1.807, 2.05) is 36.1 Å². The zero-order chi connectivity index (χ0) is 25.5. The minimum absolute atomic E-state index is 0.136. The Hall–Kier alpha value is -3.42. The maximum Gasteiger partial charge on any atom is 0.262 e. The van der Waals surface area contributed by atoms with Gasteiger partial charge in [-0.15, -0.1) is 0 Å². The Morgan fingerprint density at radius 2 is 1.78 bits per heavy atom. The van der Waals surface area contributed by atoms with Gasteiger partial charge in [-0.25, -0.2) is 5.48 Å². The number of rotatable bonds is 10. The molecule has 0 radical (unpaired) electrons. The fraction of sp³-hybridized carbons (Fsp3) is 0.379. The molecule has 7 heteroatoms. The van der Waals surface area contributed by atoms with Crippen LogP contribution < -0.4 is 10.2 Å². The highest BCUT2D eigenvalue weighted by Crippen LogP contribution is 2.24. The monoisotopic (exact) mass is 489 g/mol. The second kappa shape index (κ2) is 12.0. The summed E-state index contributed by atoms with van der Waals surface area (Å²) < 4.78 is 6.09. The maximum absolute atomic E-state index is 13.4.